The second-order valence-electron chi connectivity index (χ2n) is 5.50. The summed E-state index contributed by atoms with van der Waals surface area (Å²) in [6.07, 6.45) is 1.80. The molecule has 1 aliphatic heterocycles. The van der Waals surface area contributed by atoms with E-state index in [-0.39, 0.29) is 0 Å². The van der Waals surface area contributed by atoms with Crippen LogP contribution in [0.2, 0.25) is 0 Å². The number of nitrogens with two attached hydrogens (primary N) is 1. The predicted octanol–water partition coefficient (Wildman–Crippen LogP) is 0.0717. The van der Waals surface area contributed by atoms with E-state index in [1.54, 1.807) is 18.2 Å². The molecule has 1 aliphatic rings. The highest BCUT2D eigenvalue weighted by Gasteiger charge is 2.30. The average molecular weight is 315 g/mol. The molecule has 0 unspecified atom stereocenters. The summed E-state index contributed by atoms with van der Waals surface area (Å²) in [5, 5.41) is 6.76. The topological polar surface area (TPSA) is 95.3 Å². The first-order valence-electron chi connectivity index (χ1n) is 7.41. The molecule has 0 saturated carbocycles. The maximum Gasteiger partial charge on any atom is 0.246 e. The molecule has 0 aromatic carbocycles. The van der Waals surface area contributed by atoms with Gasteiger partial charge in [0, 0.05) is 19.6 Å². The first kappa shape index (κ1) is 16.4. The molecule has 0 aliphatic carbocycles. The Morgan fingerprint density at radius 3 is 2.62 bits per heavy atom. The van der Waals surface area contributed by atoms with Gasteiger partial charge in [-0.05, 0) is 46.3 Å². The van der Waals surface area contributed by atoms with Gasteiger partial charge in [0.1, 0.15) is 4.90 Å². The molecule has 21 heavy (non-hydrogen) atoms. The number of nitrogens with zero attached hydrogens (tertiary/aromatic N) is 3. The number of hydrogen-bond acceptors (Lipinski definition) is 5. The summed E-state index contributed by atoms with van der Waals surface area (Å²) in [4.78, 5) is 2.62. The first-order valence-corrected chi connectivity index (χ1v) is 8.85. The highest BCUT2D eigenvalue weighted by atomic mass is 32.2. The standard InChI is InChI=1S/C13H25N5O2S/c1-11-13(12(2)16-15-11)21(19,20)18-8-4-7-17(9-10-18)6-3-5-14/h3-10,14H2,1-2H3,(H,15,16). The summed E-state index contributed by atoms with van der Waals surface area (Å²) in [6.45, 7) is 7.85. The molecule has 0 radical (unpaired) electrons. The Morgan fingerprint density at radius 2 is 2.00 bits per heavy atom. The third-order valence-electron chi connectivity index (χ3n) is 3.88. The van der Waals surface area contributed by atoms with Crippen LogP contribution < -0.4 is 5.73 Å². The Kier molecular flexibility index (Phi) is 5.37. The number of hydrogen-bond donors (Lipinski definition) is 2. The Balaban J connectivity index is 2.11. The summed E-state index contributed by atoms with van der Waals surface area (Å²) >= 11 is 0. The zero-order valence-corrected chi connectivity index (χ0v) is 13.6. The van der Waals surface area contributed by atoms with Crippen molar-refractivity contribution < 1.29 is 8.42 Å². The van der Waals surface area contributed by atoms with Gasteiger partial charge in [0.05, 0.1) is 11.4 Å². The van der Waals surface area contributed by atoms with Crippen molar-refractivity contribution in [3.8, 4) is 0 Å². The minimum atomic E-state index is -3.46. The lowest BCUT2D eigenvalue weighted by molar-refractivity contribution is 0.284. The number of aryl methyl sites for hydroxylation is 2. The summed E-state index contributed by atoms with van der Waals surface area (Å²) in [5.74, 6) is 0. The Labute approximate surface area is 126 Å². The monoisotopic (exact) mass is 315 g/mol. The van der Waals surface area contributed by atoms with E-state index in [1.165, 1.54) is 0 Å². The minimum Gasteiger partial charge on any atom is -0.330 e. The summed E-state index contributed by atoms with van der Waals surface area (Å²) in [7, 11) is -3.46. The number of aromatic nitrogens is 2. The van der Waals surface area contributed by atoms with Crippen LogP contribution in [0.5, 0.6) is 0 Å². The van der Waals surface area contributed by atoms with E-state index < -0.39 is 10.0 Å². The highest BCUT2D eigenvalue weighted by molar-refractivity contribution is 7.89. The molecule has 2 heterocycles. The van der Waals surface area contributed by atoms with Crippen LogP contribution in [0.3, 0.4) is 0 Å². The van der Waals surface area contributed by atoms with E-state index in [1.807, 2.05) is 0 Å². The third-order valence-corrected chi connectivity index (χ3v) is 6.05. The fourth-order valence-corrected chi connectivity index (χ4v) is 4.58. The molecule has 1 saturated heterocycles. The van der Waals surface area contributed by atoms with Crippen molar-refractivity contribution in [2.75, 3.05) is 39.3 Å². The van der Waals surface area contributed by atoms with Crippen LogP contribution in [0.25, 0.3) is 0 Å². The molecular weight excluding hydrogens is 290 g/mol. The number of sulfonamides is 1. The van der Waals surface area contributed by atoms with Crippen molar-refractivity contribution in [2.24, 2.45) is 5.73 Å². The largest absolute Gasteiger partial charge is 0.330 e. The van der Waals surface area contributed by atoms with Gasteiger partial charge in [0.15, 0.2) is 0 Å². The number of rotatable bonds is 5. The molecule has 2 rings (SSSR count). The van der Waals surface area contributed by atoms with E-state index in [2.05, 4.69) is 15.1 Å². The van der Waals surface area contributed by atoms with Gasteiger partial charge in [-0.1, -0.05) is 0 Å². The first-order chi connectivity index (χ1) is 9.96. The second kappa shape index (κ2) is 6.87. The van der Waals surface area contributed by atoms with Crippen molar-refractivity contribution in [1.29, 1.82) is 0 Å². The van der Waals surface area contributed by atoms with Crippen molar-refractivity contribution in [2.45, 2.75) is 31.6 Å². The molecule has 3 N–H and O–H groups in total. The summed E-state index contributed by atoms with van der Waals surface area (Å²) in [6, 6.07) is 0. The van der Waals surface area contributed by atoms with Crippen LogP contribution in [0.1, 0.15) is 24.2 Å². The lowest BCUT2D eigenvalue weighted by atomic mass is 10.3. The van der Waals surface area contributed by atoms with Crippen molar-refractivity contribution in [3.05, 3.63) is 11.4 Å². The third kappa shape index (κ3) is 3.63. The molecule has 120 valence electrons. The summed E-state index contributed by atoms with van der Waals surface area (Å²) in [5.41, 5.74) is 6.68. The average Bonchev–Trinajstić information content (AvgIpc) is 2.66. The van der Waals surface area contributed by atoms with Crippen molar-refractivity contribution in [1.82, 2.24) is 19.4 Å². The molecule has 0 atom stereocenters. The highest BCUT2D eigenvalue weighted by Crippen LogP contribution is 2.22. The minimum absolute atomic E-state index is 0.331. The Hall–Kier alpha value is -0.960. The van der Waals surface area contributed by atoms with Crippen LogP contribution in [-0.4, -0.2) is 67.1 Å². The van der Waals surface area contributed by atoms with Gasteiger partial charge >= 0.3 is 0 Å². The van der Waals surface area contributed by atoms with E-state index in [0.29, 0.717) is 35.9 Å². The molecule has 8 heteroatoms. The van der Waals surface area contributed by atoms with Gasteiger partial charge < -0.3 is 10.6 Å². The van der Waals surface area contributed by atoms with Crippen molar-refractivity contribution in [3.63, 3.8) is 0 Å². The van der Waals surface area contributed by atoms with Gasteiger partial charge in [-0.15, -0.1) is 0 Å². The number of aromatic amines is 1. The van der Waals surface area contributed by atoms with E-state index in [9.17, 15) is 8.42 Å². The zero-order valence-electron chi connectivity index (χ0n) is 12.8. The normalized spacial score (nSPS) is 18.8. The van der Waals surface area contributed by atoms with Crippen LogP contribution >= 0.6 is 0 Å². The quantitative estimate of drug-likeness (QED) is 0.802. The van der Waals surface area contributed by atoms with Crippen molar-refractivity contribution >= 4 is 10.0 Å². The van der Waals surface area contributed by atoms with Crippen LogP contribution in [-0.2, 0) is 10.0 Å². The SMILES string of the molecule is Cc1n[nH]c(C)c1S(=O)(=O)N1CCCN(CCCN)CC1. The Bertz CT molecular complexity index is 550. The Morgan fingerprint density at radius 1 is 1.24 bits per heavy atom. The predicted molar refractivity (Wildman–Crippen MR) is 81.5 cm³/mol. The van der Waals surface area contributed by atoms with Gasteiger partial charge in [-0.3, -0.25) is 5.10 Å². The second-order valence-corrected chi connectivity index (χ2v) is 7.38. The smallest absolute Gasteiger partial charge is 0.246 e. The van der Waals surface area contributed by atoms with Gasteiger partial charge in [-0.2, -0.15) is 9.40 Å². The molecule has 1 aromatic rings. The molecule has 1 fully saturated rings. The summed E-state index contributed by atoms with van der Waals surface area (Å²) < 4.78 is 27.2. The molecule has 0 amide bonds. The van der Waals surface area contributed by atoms with Crippen LogP contribution in [0.15, 0.2) is 4.90 Å². The lowest BCUT2D eigenvalue weighted by Crippen LogP contribution is -2.36. The number of H-pyrrole nitrogens is 1. The van der Waals surface area contributed by atoms with Gasteiger partial charge in [0.25, 0.3) is 0 Å². The maximum atomic E-state index is 12.8. The van der Waals surface area contributed by atoms with E-state index in [4.69, 9.17) is 5.73 Å². The van der Waals surface area contributed by atoms with Gasteiger partial charge in [-0.25, -0.2) is 8.42 Å². The van der Waals surface area contributed by atoms with E-state index >= 15 is 0 Å². The van der Waals surface area contributed by atoms with Crippen LogP contribution in [0.4, 0.5) is 0 Å². The molecular formula is C13H25N5O2S. The fourth-order valence-electron chi connectivity index (χ4n) is 2.78. The van der Waals surface area contributed by atoms with Crippen LogP contribution in [0, 0.1) is 13.8 Å². The molecule has 0 spiro atoms. The molecule has 1 aromatic heterocycles. The molecule has 0 bridgehead atoms. The fraction of sp³-hybridized carbons (Fsp3) is 0.769. The number of nitrogens with one attached hydrogen (secondary N) is 1. The zero-order chi connectivity index (χ0) is 15.5. The lowest BCUT2D eigenvalue weighted by Gasteiger charge is -2.21. The maximum absolute atomic E-state index is 12.8. The van der Waals surface area contributed by atoms with Gasteiger partial charge in [0.2, 0.25) is 10.0 Å². The van der Waals surface area contributed by atoms with E-state index in [0.717, 1.165) is 32.5 Å². The molecule has 7 nitrogen and oxygen atoms in total.